The maximum absolute atomic E-state index is 13.1. The van der Waals surface area contributed by atoms with Crippen molar-refractivity contribution in [2.45, 2.75) is 43.7 Å². The molecule has 2 fully saturated rings. The van der Waals surface area contributed by atoms with Crippen molar-refractivity contribution in [3.63, 3.8) is 0 Å². The van der Waals surface area contributed by atoms with E-state index in [1.165, 1.54) is 0 Å². The molecule has 1 amide bonds. The number of aromatic nitrogens is 1. The average molecular weight is 341 g/mol. The number of carbonyl (C=O) groups is 1. The molecule has 2 aliphatic rings. The second-order valence-corrected chi connectivity index (χ2v) is 6.88. The number of benzene rings is 1. The molecular formula is C19H23N3O3. The smallest absolute Gasteiger partial charge is 0.276 e. The van der Waals surface area contributed by atoms with Crippen molar-refractivity contribution in [1.29, 1.82) is 0 Å². The maximum Gasteiger partial charge on any atom is 0.276 e. The van der Waals surface area contributed by atoms with E-state index in [1.54, 1.807) is 13.2 Å². The minimum absolute atomic E-state index is 0.123. The summed E-state index contributed by atoms with van der Waals surface area (Å²) in [4.78, 5) is 14.9. The number of hydrogen-bond donors (Lipinski definition) is 1. The highest BCUT2D eigenvalue weighted by Crippen LogP contribution is 2.41. The average Bonchev–Trinajstić information content (AvgIpc) is 3.38. The van der Waals surface area contributed by atoms with Gasteiger partial charge in [-0.25, -0.2) is 0 Å². The van der Waals surface area contributed by atoms with Crippen molar-refractivity contribution in [2.75, 3.05) is 13.7 Å². The molecule has 6 nitrogen and oxygen atoms in total. The van der Waals surface area contributed by atoms with Crippen LogP contribution in [0.2, 0.25) is 0 Å². The minimum atomic E-state index is -0.224. The van der Waals surface area contributed by atoms with E-state index >= 15 is 0 Å². The minimum Gasteiger partial charge on any atom is -0.496 e. The van der Waals surface area contributed by atoms with Crippen molar-refractivity contribution in [2.24, 2.45) is 5.73 Å². The van der Waals surface area contributed by atoms with Crippen LogP contribution in [0.4, 0.5) is 0 Å². The maximum atomic E-state index is 13.1. The molecule has 0 spiro atoms. The zero-order chi connectivity index (χ0) is 17.4. The van der Waals surface area contributed by atoms with Crippen LogP contribution in [0.1, 0.15) is 59.5 Å². The number of methoxy groups -OCH3 is 1. The largest absolute Gasteiger partial charge is 0.496 e. The van der Waals surface area contributed by atoms with Crippen LogP contribution in [0.25, 0.3) is 0 Å². The summed E-state index contributed by atoms with van der Waals surface area (Å²) in [5, 5.41) is 4.01. The van der Waals surface area contributed by atoms with Gasteiger partial charge in [0.05, 0.1) is 13.2 Å². The van der Waals surface area contributed by atoms with Gasteiger partial charge in [-0.15, -0.1) is 0 Å². The lowest BCUT2D eigenvalue weighted by Gasteiger charge is -2.40. The standard InChI is InChI=1S/C19H23N3O3/c1-24-16-7-3-2-5-13(16)18-14(20)6-4-10-22(18)19(23)15-11-17(25-21-15)12-8-9-12/h2-3,5,7,11-12,14,18H,4,6,8-10,20H2,1H3/t14-,18-/m0/s1. The molecule has 1 aliphatic heterocycles. The Morgan fingerprint density at radius 2 is 2.12 bits per heavy atom. The molecule has 1 saturated heterocycles. The van der Waals surface area contributed by atoms with Crippen molar-refractivity contribution >= 4 is 5.91 Å². The first-order valence-corrected chi connectivity index (χ1v) is 8.85. The van der Waals surface area contributed by atoms with E-state index in [2.05, 4.69) is 5.16 Å². The predicted octanol–water partition coefficient (Wildman–Crippen LogP) is 2.87. The first kappa shape index (κ1) is 16.1. The Labute approximate surface area is 146 Å². The number of carbonyl (C=O) groups excluding carboxylic acids is 1. The molecule has 2 heterocycles. The summed E-state index contributed by atoms with van der Waals surface area (Å²) in [6.07, 6.45) is 3.98. The summed E-state index contributed by atoms with van der Waals surface area (Å²) in [5.74, 6) is 1.88. The van der Waals surface area contributed by atoms with E-state index in [-0.39, 0.29) is 18.0 Å². The third-order valence-electron chi connectivity index (χ3n) is 5.12. The highest BCUT2D eigenvalue weighted by Gasteiger charge is 2.37. The molecule has 4 rings (SSSR count). The molecule has 1 aromatic heterocycles. The normalized spacial score (nSPS) is 23.5. The summed E-state index contributed by atoms with van der Waals surface area (Å²) in [5.41, 5.74) is 7.72. The third-order valence-corrected chi connectivity index (χ3v) is 5.12. The number of rotatable bonds is 4. The second-order valence-electron chi connectivity index (χ2n) is 6.88. The van der Waals surface area contributed by atoms with E-state index in [1.807, 2.05) is 29.2 Å². The van der Waals surface area contributed by atoms with Gasteiger partial charge in [-0.2, -0.15) is 0 Å². The molecule has 0 radical (unpaired) electrons. The lowest BCUT2D eigenvalue weighted by molar-refractivity contribution is 0.0562. The molecule has 2 aromatic rings. The van der Waals surface area contributed by atoms with E-state index in [4.69, 9.17) is 15.0 Å². The summed E-state index contributed by atoms with van der Waals surface area (Å²) in [6, 6.07) is 9.18. The van der Waals surface area contributed by atoms with Crippen molar-refractivity contribution < 1.29 is 14.1 Å². The van der Waals surface area contributed by atoms with Gasteiger partial charge in [0, 0.05) is 30.1 Å². The number of nitrogens with two attached hydrogens (primary N) is 1. The second kappa shape index (κ2) is 6.52. The molecule has 6 heteroatoms. The Morgan fingerprint density at radius 3 is 2.88 bits per heavy atom. The van der Waals surface area contributed by atoms with Gasteiger partial charge in [-0.05, 0) is 31.7 Å². The highest BCUT2D eigenvalue weighted by molar-refractivity contribution is 5.92. The molecule has 0 unspecified atom stereocenters. The lowest BCUT2D eigenvalue weighted by Crippen LogP contribution is -2.48. The van der Waals surface area contributed by atoms with Crippen LogP contribution in [0.3, 0.4) is 0 Å². The molecule has 1 saturated carbocycles. The van der Waals surface area contributed by atoms with Crippen molar-refractivity contribution in [3.8, 4) is 5.75 Å². The number of hydrogen-bond acceptors (Lipinski definition) is 5. The van der Waals surface area contributed by atoms with Crippen molar-refractivity contribution in [3.05, 3.63) is 47.3 Å². The van der Waals surface area contributed by atoms with Crippen molar-refractivity contribution in [1.82, 2.24) is 10.1 Å². The van der Waals surface area contributed by atoms with Crippen LogP contribution >= 0.6 is 0 Å². The van der Waals surface area contributed by atoms with Gasteiger partial charge >= 0.3 is 0 Å². The first-order chi connectivity index (χ1) is 12.2. The Hall–Kier alpha value is -2.34. The van der Waals surface area contributed by atoms with Gasteiger partial charge in [0.25, 0.3) is 5.91 Å². The Kier molecular flexibility index (Phi) is 4.21. The fraction of sp³-hybridized carbons (Fsp3) is 0.474. The number of nitrogens with zero attached hydrogens (tertiary/aromatic N) is 2. The van der Waals surface area contributed by atoms with Crippen LogP contribution < -0.4 is 10.5 Å². The summed E-state index contributed by atoms with van der Waals surface area (Å²) >= 11 is 0. The molecular weight excluding hydrogens is 318 g/mol. The molecule has 1 aromatic carbocycles. The molecule has 2 N–H and O–H groups in total. The zero-order valence-corrected chi connectivity index (χ0v) is 14.4. The number of likely N-dealkylation sites (tertiary alicyclic amines) is 1. The lowest BCUT2D eigenvalue weighted by atomic mass is 9.90. The monoisotopic (exact) mass is 341 g/mol. The van der Waals surface area contributed by atoms with Crippen LogP contribution in [0.15, 0.2) is 34.9 Å². The topological polar surface area (TPSA) is 81.6 Å². The van der Waals surface area contributed by atoms with Gasteiger partial charge in [-0.1, -0.05) is 23.4 Å². The number of amides is 1. The third kappa shape index (κ3) is 3.02. The fourth-order valence-corrected chi connectivity index (χ4v) is 3.66. The van der Waals surface area contributed by atoms with E-state index < -0.39 is 0 Å². The molecule has 132 valence electrons. The summed E-state index contributed by atoms with van der Waals surface area (Å²) in [7, 11) is 1.64. The fourth-order valence-electron chi connectivity index (χ4n) is 3.66. The van der Waals surface area contributed by atoms with Crippen LogP contribution in [-0.2, 0) is 0 Å². The summed E-state index contributed by atoms with van der Waals surface area (Å²) in [6.45, 7) is 0.654. The van der Waals surface area contributed by atoms with Gasteiger partial charge in [0.15, 0.2) is 5.69 Å². The molecule has 25 heavy (non-hydrogen) atoms. The van der Waals surface area contributed by atoms with E-state index in [9.17, 15) is 4.79 Å². The van der Waals surface area contributed by atoms with E-state index in [0.717, 1.165) is 42.8 Å². The predicted molar refractivity (Wildman–Crippen MR) is 92.5 cm³/mol. The number of ether oxygens (including phenoxy) is 1. The summed E-state index contributed by atoms with van der Waals surface area (Å²) < 4.78 is 10.9. The molecule has 2 atom stereocenters. The van der Waals surface area contributed by atoms with Gasteiger partial charge in [0.2, 0.25) is 0 Å². The molecule has 1 aliphatic carbocycles. The van der Waals surface area contributed by atoms with Crippen LogP contribution in [0, 0.1) is 0 Å². The Morgan fingerprint density at radius 1 is 1.32 bits per heavy atom. The zero-order valence-electron chi connectivity index (χ0n) is 14.4. The first-order valence-electron chi connectivity index (χ1n) is 8.85. The number of piperidine rings is 1. The van der Waals surface area contributed by atoms with Gasteiger partial charge < -0.3 is 19.9 Å². The van der Waals surface area contributed by atoms with Gasteiger partial charge in [-0.3, -0.25) is 4.79 Å². The Bertz CT molecular complexity index is 769. The van der Waals surface area contributed by atoms with E-state index in [0.29, 0.717) is 18.2 Å². The van der Waals surface area contributed by atoms with Crippen LogP contribution in [-0.4, -0.2) is 35.7 Å². The quantitative estimate of drug-likeness (QED) is 0.925. The highest BCUT2D eigenvalue weighted by atomic mass is 16.5. The van der Waals surface area contributed by atoms with Crippen LogP contribution in [0.5, 0.6) is 5.75 Å². The SMILES string of the molecule is COc1ccccc1[C@H]1[C@@H](N)CCCN1C(=O)c1cc(C2CC2)on1. The van der Waals surface area contributed by atoms with Gasteiger partial charge in [0.1, 0.15) is 11.5 Å². The molecule has 0 bridgehead atoms. The number of para-hydroxylation sites is 1. The Balaban J connectivity index is 1.66.